The van der Waals surface area contributed by atoms with Gasteiger partial charge in [-0.25, -0.2) is 0 Å². The van der Waals surface area contributed by atoms with Crippen LogP contribution in [0.4, 0.5) is 11.4 Å². The third-order valence-corrected chi connectivity index (χ3v) is 4.32. The Morgan fingerprint density at radius 2 is 1.96 bits per heavy atom. The molecule has 1 unspecified atom stereocenters. The maximum Gasteiger partial charge on any atom is 0.237 e. The molecule has 1 aromatic carbocycles. The lowest BCUT2D eigenvalue weighted by Gasteiger charge is -2.33. The lowest BCUT2D eigenvalue weighted by Crippen LogP contribution is -2.56. The van der Waals surface area contributed by atoms with Gasteiger partial charge in [0.05, 0.1) is 30.9 Å². The van der Waals surface area contributed by atoms with Crippen LogP contribution in [0.25, 0.3) is 0 Å². The summed E-state index contributed by atoms with van der Waals surface area (Å²) in [5.41, 5.74) is 0.932. The fourth-order valence-corrected chi connectivity index (χ4v) is 2.84. The summed E-state index contributed by atoms with van der Waals surface area (Å²) in [7, 11) is 1.52. The highest BCUT2D eigenvalue weighted by Crippen LogP contribution is 2.27. The molecule has 142 valence electrons. The zero-order valence-electron chi connectivity index (χ0n) is 15.4. The van der Waals surface area contributed by atoms with Crippen LogP contribution in [-0.2, 0) is 14.4 Å². The van der Waals surface area contributed by atoms with Crippen molar-refractivity contribution in [2.24, 2.45) is 0 Å². The molecular formula is C18H26N4O4. The second kappa shape index (κ2) is 9.19. The Bertz CT molecular complexity index is 677. The summed E-state index contributed by atoms with van der Waals surface area (Å²) in [5.74, 6) is -0.0426. The lowest BCUT2D eigenvalue weighted by atomic mass is 10.1. The van der Waals surface area contributed by atoms with Crippen molar-refractivity contribution in [1.82, 2.24) is 10.2 Å². The van der Waals surface area contributed by atoms with Gasteiger partial charge in [-0.1, -0.05) is 13.8 Å². The zero-order valence-corrected chi connectivity index (χ0v) is 15.4. The summed E-state index contributed by atoms with van der Waals surface area (Å²) in [5, 5.41) is 8.33. The first-order chi connectivity index (χ1) is 12.5. The molecule has 1 saturated heterocycles. The third-order valence-electron chi connectivity index (χ3n) is 4.32. The van der Waals surface area contributed by atoms with Crippen molar-refractivity contribution >= 4 is 29.1 Å². The zero-order chi connectivity index (χ0) is 19.1. The van der Waals surface area contributed by atoms with Gasteiger partial charge in [-0.2, -0.15) is 0 Å². The van der Waals surface area contributed by atoms with E-state index in [1.54, 1.807) is 25.1 Å². The predicted octanol–water partition coefficient (Wildman–Crippen LogP) is 1.19. The molecule has 26 heavy (non-hydrogen) atoms. The van der Waals surface area contributed by atoms with E-state index in [4.69, 9.17) is 4.74 Å². The topological polar surface area (TPSA) is 99.8 Å². The van der Waals surface area contributed by atoms with Gasteiger partial charge >= 0.3 is 0 Å². The number of benzene rings is 1. The molecule has 0 spiro atoms. The molecular weight excluding hydrogens is 336 g/mol. The highest BCUT2D eigenvalue weighted by Gasteiger charge is 2.30. The molecule has 0 saturated carbocycles. The molecule has 8 heteroatoms. The molecule has 0 aliphatic carbocycles. The smallest absolute Gasteiger partial charge is 0.237 e. The Kier molecular flexibility index (Phi) is 6.97. The standard InChI is InChI=1S/C18H26N4O4/c1-4-16(23)20-13-7-6-12(26-3)10-14(13)21-17(24)11-15-18(25)19-8-9-22(15)5-2/h6-7,10,15H,4-5,8-9,11H2,1-3H3,(H,19,25)(H,20,23)(H,21,24). The number of carbonyl (C=O) groups is 3. The molecule has 1 aliphatic rings. The lowest BCUT2D eigenvalue weighted by molar-refractivity contribution is -0.132. The maximum atomic E-state index is 12.5. The number of piperazine rings is 1. The van der Waals surface area contributed by atoms with Gasteiger partial charge in [0.15, 0.2) is 0 Å². The number of anilines is 2. The van der Waals surface area contributed by atoms with E-state index in [1.807, 2.05) is 11.8 Å². The minimum atomic E-state index is -0.493. The minimum Gasteiger partial charge on any atom is -0.497 e. The first kappa shape index (κ1) is 19.7. The quantitative estimate of drug-likeness (QED) is 0.677. The fraction of sp³-hybridized carbons (Fsp3) is 0.500. The molecule has 3 N–H and O–H groups in total. The summed E-state index contributed by atoms with van der Waals surface area (Å²) in [6, 6.07) is 4.53. The first-order valence-electron chi connectivity index (χ1n) is 8.78. The largest absolute Gasteiger partial charge is 0.497 e. The van der Waals surface area contributed by atoms with Gasteiger partial charge in [0.1, 0.15) is 5.75 Å². The summed E-state index contributed by atoms with van der Waals surface area (Å²) >= 11 is 0. The van der Waals surface area contributed by atoms with Gasteiger partial charge in [-0.3, -0.25) is 19.3 Å². The Morgan fingerprint density at radius 3 is 2.62 bits per heavy atom. The molecule has 1 atom stereocenters. The summed E-state index contributed by atoms with van der Waals surface area (Å²) in [6.07, 6.45) is 0.366. The number of nitrogens with zero attached hydrogens (tertiary/aromatic N) is 1. The Hall–Kier alpha value is -2.61. The van der Waals surface area contributed by atoms with E-state index in [1.165, 1.54) is 7.11 Å². The van der Waals surface area contributed by atoms with Gasteiger partial charge in [0.25, 0.3) is 0 Å². The summed E-state index contributed by atoms with van der Waals surface area (Å²) < 4.78 is 5.19. The van der Waals surface area contributed by atoms with E-state index in [0.717, 1.165) is 6.54 Å². The van der Waals surface area contributed by atoms with E-state index in [2.05, 4.69) is 16.0 Å². The second-order valence-corrected chi connectivity index (χ2v) is 6.00. The molecule has 8 nitrogen and oxygen atoms in total. The number of amides is 3. The van der Waals surface area contributed by atoms with Crippen LogP contribution in [0.2, 0.25) is 0 Å². The molecule has 0 aromatic heterocycles. The molecule has 0 bridgehead atoms. The van der Waals surface area contributed by atoms with Crippen LogP contribution in [0.5, 0.6) is 5.75 Å². The number of hydrogen-bond donors (Lipinski definition) is 3. The van der Waals surface area contributed by atoms with Crippen molar-refractivity contribution in [3.63, 3.8) is 0 Å². The van der Waals surface area contributed by atoms with Gasteiger partial charge in [0.2, 0.25) is 17.7 Å². The van der Waals surface area contributed by atoms with Crippen LogP contribution in [0.1, 0.15) is 26.7 Å². The normalized spacial score (nSPS) is 17.3. The van der Waals surface area contributed by atoms with Gasteiger partial charge in [-0.15, -0.1) is 0 Å². The second-order valence-electron chi connectivity index (χ2n) is 6.00. The van der Waals surface area contributed by atoms with E-state index >= 15 is 0 Å². The van der Waals surface area contributed by atoms with Gasteiger partial charge in [-0.05, 0) is 18.7 Å². The molecule has 2 rings (SSSR count). The van der Waals surface area contributed by atoms with Crippen LogP contribution in [0, 0.1) is 0 Å². The number of hydrogen-bond acceptors (Lipinski definition) is 5. The van der Waals surface area contributed by atoms with Crippen molar-refractivity contribution in [1.29, 1.82) is 0 Å². The van der Waals surface area contributed by atoms with Crippen LogP contribution in [-0.4, -0.2) is 55.4 Å². The van der Waals surface area contributed by atoms with Crippen molar-refractivity contribution < 1.29 is 19.1 Å². The van der Waals surface area contributed by atoms with Crippen LogP contribution < -0.4 is 20.7 Å². The average Bonchev–Trinajstić information content (AvgIpc) is 2.64. The number of carbonyl (C=O) groups excluding carboxylic acids is 3. The molecule has 1 aromatic rings. The number of ether oxygens (including phenoxy) is 1. The fourth-order valence-electron chi connectivity index (χ4n) is 2.84. The van der Waals surface area contributed by atoms with E-state index in [0.29, 0.717) is 36.6 Å². The maximum absolute atomic E-state index is 12.5. The SMILES string of the molecule is CCC(=O)Nc1ccc(OC)cc1NC(=O)CC1C(=O)NCCN1CC. The number of nitrogens with one attached hydrogen (secondary N) is 3. The van der Waals surface area contributed by atoms with Crippen molar-refractivity contribution in [3.05, 3.63) is 18.2 Å². The number of rotatable bonds is 7. The van der Waals surface area contributed by atoms with Crippen LogP contribution in [0.3, 0.4) is 0 Å². The molecule has 1 aliphatic heterocycles. The Balaban J connectivity index is 2.13. The molecule has 1 fully saturated rings. The van der Waals surface area contributed by atoms with Gasteiger partial charge < -0.3 is 20.7 Å². The highest BCUT2D eigenvalue weighted by atomic mass is 16.5. The Labute approximate surface area is 153 Å². The van der Waals surface area contributed by atoms with E-state index < -0.39 is 6.04 Å². The number of methoxy groups -OCH3 is 1. The summed E-state index contributed by atoms with van der Waals surface area (Å²) in [4.78, 5) is 38.3. The molecule has 1 heterocycles. The van der Waals surface area contributed by atoms with Crippen LogP contribution in [0.15, 0.2) is 18.2 Å². The first-order valence-corrected chi connectivity index (χ1v) is 8.78. The highest BCUT2D eigenvalue weighted by molar-refractivity contribution is 6.01. The van der Waals surface area contributed by atoms with Crippen molar-refractivity contribution in [3.8, 4) is 5.75 Å². The monoisotopic (exact) mass is 362 g/mol. The average molecular weight is 362 g/mol. The van der Waals surface area contributed by atoms with E-state index in [-0.39, 0.29) is 24.1 Å². The third kappa shape index (κ3) is 4.95. The van der Waals surface area contributed by atoms with Crippen molar-refractivity contribution in [2.75, 3.05) is 37.4 Å². The Morgan fingerprint density at radius 1 is 1.23 bits per heavy atom. The number of likely N-dealkylation sites (N-methyl/N-ethyl adjacent to an activating group) is 1. The molecule has 0 radical (unpaired) electrons. The minimum absolute atomic E-state index is 0.0397. The summed E-state index contributed by atoms with van der Waals surface area (Å²) in [6.45, 7) is 5.72. The van der Waals surface area contributed by atoms with Crippen molar-refractivity contribution in [2.45, 2.75) is 32.7 Å². The van der Waals surface area contributed by atoms with Gasteiger partial charge in [0, 0.05) is 25.6 Å². The predicted molar refractivity (Wildman–Crippen MR) is 99.2 cm³/mol. The molecule has 3 amide bonds. The van der Waals surface area contributed by atoms with E-state index in [9.17, 15) is 14.4 Å². The van der Waals surface area contributed by atoms with Crippen LogP contribution >= 0.6 is 0 Å².